The average Bonchev–Trinajstić information content (AvgIpc) is 3.16. The zero-order valence-electron chi connectivity index (χ0n) is 12.8. The van der Waals surface area contributed by atoms with Crippen LogP contribution in [0.25, 0.3) is 0 Å². The maximum Gasteiger partial charge on any atom is 2.00 e. The second-order valence-electron chi connectivity index (χ2n) is 4.38. The van der Waals surface area contributed by atoms with Gasteiger partial charge in [-0.15, -0.1) is 8.58 Å². The van der Waals surface area contributed by atoms with Crippen LogP contribution in [0.4, 0.5) is 0 Å². The molecule has 0 nitrogen and oxygen atoms in total. The molecule has 0 aromatic heterocycles. The van der Waals surface area contributed by atoms with Crippen molar-refractivity contribution >= 4 is 8.58 Å². The first-order chi connectivity index (χ1) is 9.41. The summed E-state index contributed by atoms with van der Waals surface area (Å²) in [7, 11) is 1.25. The Morgan fingerprint density at radius 2 is 1.05 bits per heavy atom. The summed E-state index contributed by atoms with van der Waals surface area (Å²) in [6.45, 7) is 4.54. The van der Waals surface area contributed by atoms with Crippen molar-refractivity contribution in [2.75, 3.05) is 12.3 Å². The molecule has 0 bridgehead atoms. The number of unbranched alkanes of at least 4 members (excludes halogenated alkanes) is 2. The molecule has 0 unspecified atom stereocenters. The van der Waals surface area contributed by atoms with Gasteiger partial charge in [0.2, 0.25) is 0 Å². The van der Waals surface area contributed by atoms with E-state index >= 15 is 0 Å². The minimum atomic E-state index is 0. The molecule has 1 radical (unpaired) electrons. The maximum absolute atomic E-state index is 2.27. The van der Waals surface area contributed by atoms with Crippen LogP contribution in [0.15, 0.2) is 60.7 Å². The maximum atomic E-state index is 2.27. The third-order valence-corrected chi connectivity index (χ3v) is 3.94. The van der Waals surface area contributed by atoms with Crippen LogP contribution in [-0.4, -0.2) is 12.3 Å². The van der Waals surface area contributed by atoms with Gasteiger partial charge >= 0.3 is 16.8 Å². The fourth-order valence-corrected chi connectivity index (χ4v) is 2.83. The van der Waals surface area contributed by atoms with Crippen molar-refractivity contribution in [2.24, 2.45) is 0 Å². The van der Waals surface area contributed by atoms with Gasteiger partial charge in [-0.25, -0.2) is 24.3 Å². The van der Waals surface area contributed by atoms with Crippen LogP contribution >= 0.6 is 8.58 Å². The Kier molecular flexibility index (Phi) is 23.0. The molecule has 2 aromatic rings. The van der Waals surface area contributed by atoms with Crippen molar-refractivity contribution in [2.45, 2.75) is 39.5 Å². The molecule has 0 aliphatic carbocycles. The number of hydrogen-bond donors (Lipinski definition) is 0. The topological polar surface area (TPSA) is 0 Å². The molecule has 0 N–H and O–H groups in total. The van der Waals surface area contributed by atoms with E-state index in [-0.39, 0.29) is 16.8 Å². The van der Waals surface area contributed by atoms with Crippen LogP contribution in [0.2, 0.25) is 0 Å². The van der Waals surface area contributed by atoms with Crippen LogP contribution in [0, 0.1) is 0 Å². The van der Waals surface area contributed by atoms with Gasteiger partial charge in [0.1, 0.15) is 0 Å². The quantitative estimate of drug-likeness (QED) is 0.341. The molecule has 115 valence electrons. The molecule has 0 heterocycles. The van der Waals surface area contributed by atoms with Gasteiger partial charge < -0.3 is 0 Å². The predicted octanol–water partition coefficient (Wildman–Crippen LogP) is 6.07. The molecule has 0 saturated heterocycles. The molecule has 0 aliphatic rings. The molecule has 2 aromatic carbocycles. The van der Waals surface area contributed by atoms with E-state index in [0.717, 1.165) is 0 Å². The SMILES string of the molecule is CCCCPCCCC.[Co+2].c1cc[cH-]c1.c1cc[cH-]c1. The van der Waals surface area contributed by atoms with Crippen molar-refractivity contribution in [1.82, 2.24) is 0 Å². The van der Waals surface area contributed by atoms with Crippen LogP contribution < -0.4 is 0 Å². The van der Waals surface area contributed by atoms with Crippen LogP contribution in [0.1, 0.15) is 39.5 Å². The van der Waals surface area contributed by atoms with E-state index in [2.05, 4.69) is 13.8 Å². The van der Waals surface area contributed by atoms with Gasteiger partial charge in [0.25, 0.3) is 0 Å². The van der Waals surface area contributed by atoms with Gasteiger partial charge in [-0.1, -0.05) is 26.7 Å². The molecular formula is C18H29CoP. The fraction of sp³-hybridized carbons (Fsp3) is 0.444. The smallest absolute Gasteiger partial charge is 0.214 e. The average molecular weight is 335 g/mol. The first-order valence-corrected chi connectivity index (χ1v) is 8.87. The third kappa shape index (κ3) is 20.0. The van der Waals surface area contributed by atoms with Gasteiger partial charge in [-0.3, -0.25) is 0 Å². The first-order valence-electron chi connectivity index (χ1n) is 7.45. The Morgan fingerprint density at radius 1 is 0.700 bits per heavy atom. The Bertz CT molecular complexity index is 233. The standard InChI is InChI=1S/C8H19P.2C5H5.Co/c1-3-5-7-9-8-6-4-2;2*1-2-4-5-3-1;/h9H,3-8H2,1-2H3;2*1-5H;/q;2*-1;+2. The van der Waals surface area contributed by atoms with Gasteiger partial charge in [-0.2, -0.15) is 36.4 Å². The molecule has 0 amide bonds. The van der Waals surface area contributed by atoms with E-state index in [9.17, 15) is 0 Å². The van der Waals surface area contributed by atoms with Crippen molar-refractivity contribution in [3.05, 3.63) is 60.7 Å². The Hall–Kier alpha value is -0.364. The Morgan fingerprint density at radius 3 is 1.25 bits per heavy atom. The van der Waals surface area contributed by atoms with Crippen molar-refractivity contribution in [3.8, 4) is 0 Å². The summed E-state index contributed by atoms with van der Waals surface area (Å²) >= 11 is 0. The molecule has 20 heavy (non-hydrogen) atoms. The summed E-state index contributed by atoms with van der Waals surface area (Å²) in [6, 6.07) is 20.0. The fourth-order valence-electron chi connectivity index (χ4n) is 1.37. The van der Waals surface area contributed by atoms with Crippen molar-refractivity contribution in [1.29, 1.82) is 0 Å². The van der Waals surface area contributed by atoms with Gasteiger partial charge in [-0.05, 0) is 25.2 Å². The Balaban J connectivity index is 0. The molecule has 2 rings (SSSR count). The third-order valence-electron chi connectivity index (χ3n) is 2.53. The van der Waals surface area contributed by atoms with Crippen LogP contribution in [0.3, 0.4) is 0 Å². The predicted molar refractivity (Wildman–Crippen MR) is 91.9 cm³/mol. The van der Waals surface area contributed by atoms with E-state index in [1.165, 1.54) is 46.6 Å². The van der Waals surface area contributed by atoms with E-state index in [1.807, 2.05) is 60.7 Å². The second kappa shape index (κ2) is 20.9. The normalized spacial score (nSPS) is 8.50. The van der Waals surface area contributed by atoms with E-state index < -0.39 is 0 Å². The van der Waals surface area contributed by atoms with Gasteiger partial charge in [0, 0.05) is 0 Å². The summed E-state index contributed by atoms with van der Waals surface area (Å²) in [5, 5.41) is 0. The minimum absolute atomic E-state index is 0. The van der Waals surface area contributed by atoms with Gasteiger partial charge in [0.15, 0.2) is 0 Å². The summed E-state index contributed by atoms with van der Waals surface area (Å²) in [5.74, 6) is 0. The molecule has 0 aliphatic heterocycles. The molecule has 2 heteroatoms. The van der Waals surface area contributed by atoms with Crippen LogP contribution in [0.5, 0.6) is 0 Å². The summed E-state index contributed by atoms with van der Waals surface area (Å²) < 4.78 is 0. The summed E-state index contributed by atoms with van der Waals surface area (Å²) in [5.41, 5.74) is 0. The zero-order chi connectivity index (χ0) is 14.0. The zero-order valence-corrected chi connectivity index (χ0v) is 14.9. The summed E-state index contributed by atoms with van der Waals surface area (Å²) in [6.07, 6.45) is 8.61. The first kappa shape index (κ1) is 21.9. The van der Waals surface area contributed by atoms with E-state index in [4.69, 9.17) is 0 Å². The van der Waals surface area contributed by atoms with Gasteiger partial charge in [0.05, 0.1) is 0 Å². The molecule has 0 saturated carbocycles. The Labute approximate surface area is 138 Å². The number of rotatable bonds is 6. The summed E-state index contributed by atoms with van der Waals surface area (Å²) in [4.78, 5) is 0. The van der Waals surface area contributed by atoms with Crippen molar-refractivity contribution < 1.29 is 16.8 Å². The minimum Gasteiger partial charge on any atom is -0.214 e. The van der Waals surface area contributed by atoms with E-state index in [1.54, 1.807) is 0 Å². The molecule has 0 spiro atoms. The molecule has 0 atom stereocenters. The van der Waals surface area contributed by atoms with E-state index in [0.29, 0.717) is 0 Å². The molecular weight excluding hydrogens is 306 g/mol. The second-order valence-corrected chi connectivity index (χ2v) is 5.88. The number of hydrogen-bond acceptors (Lipinski definition) is 0. The molecule has 0 fully saturated rings. The van der Waals surface area contributed by atoms with Crippen LogP contribution in [-0.2, 0) is 16.8 Å². The largest absolute Gasteiger partial charge is 2.00 e. The van der Waals surface area contributed by atoms with Crippen molar-refractivity contribution in [3.63, 3.8) is 0 Å². The monoisotopic (exact) mass is 335 g/mol.